The van der Waals surface area contributed by atoms with E-state index in [1.54, 1.807) is 0 Å². The molecular weight excluding hydrogens is 458 g/mol. The van der Waals surface area contributed by atoms with Crippen LogP contribution < -0.4 is 10.6 Å². The van der Waals surface area contributed by atoms with E-state index in [9.17, 15) is 19.5 Å². The van der Waals surface area contributed by atoms with Gasteiger partial charge in [-0.2, -0.15) is 0 Å². The molecule has 3 heterocycles. The molecule has 1 spiro atoms. The van der Waals surface area contributed by atoms with Crippen LogP contribution in [0.1, 0.15) is 36.5 Å². The van der Waals surface area contributed by atoms with Gasteiger partial charge in [0.2, 0.25) is 17.7 Å². The number of carbonyl (C=O) groups is 3. The number of hydrogen-bond acceptors (Lipinski definition) is 5. The predicted molar refractivity (Wildman–Crippen MR) is 134 cm³/mol. The molecule has 36 heavy (non-hydrogen) atoms. The van der Waals surface area contributed by atoms with Crippen LogP contribution in [0.25, 0.3) is 0 Å². The minimum absolute atomic E-state index is 0.000395. The van der Waals surface area contributed by atoms with E-state index >= 15 is 0 Å². The SMILES string of the molecule is Cc1ccc(C)c(NC(=O)C2N(CCO)C(=O)[C@@H]3[C@@H](C(=O)NCc4ccccc4)[C@@]4(C)CCC23O4)c1. The van der Waals surface area contributed by atoms with E-state index < -0.39 is 29.1 Å². The summed E-state index contributed by atoms with van der Waals surface area (Å²) in [7, 11) is 0. The molecule has 3 aliphatic rings. The first-order valence-corrected chi connectivity index (χ1v) is 12.5. The van der Waals surface area contributed by atoms with E-state index in [1.165, 1.54) is 4.90 Å². The predicted octanol–water partition coefficient (Wildman–Crippen LogP) is 2.32. The zero-order valence-corrected chi connectivity index (χ0v) is 20.9. The van der Waals surface area contributed by atoms with Crippen LogP contribution in [0.2, 0.25) is 0 Å². The molecule has 190 valence electrons. The van der Waals surface area contributed by atoms with Crippen molar-refractivity contribution in [3.8, 4) is 0 Å². The Hall–Kier alpha value is -3.23. The van der Waals surface area contributed by atoms with Gasteiger partial charge in [0.05, 0.1) is 24.0 Å². The van der Waals surface area contributed by atoms with Crippen molar-refractivity contribution in [1.29, 1.82) is 0 Å². The number of benzene rings is 2. The average Bonchev–Trinajstić information content (AvgIpc) is 3.42. The van der Waals surface area contributed by atoms with E-state index in [0.717, 1.165) is 16.7 Å². The van der Waals surface area contributed by atoms with Crippen LogP contribution in [0, 0.1) is 25.7 Å². The lowest BCUT2D eigenvalue weighted by atomic mass is 9.66. The number of aliphatic hydroxyl groups is 1. The van der Waals surface area contributed by atoms with Gasteiger partial charge in [0.15, 0.2) is 0 Å². The van der Waals surface area contributed by atoms with E-state index in [-0.39, 0.29) is 30.9 Å². The van der Waals surface area contributed by atoms with Crippen LogP contribution in [-0.4, -0.2) is 58.1 Å². The lowest BCUT2D eigenvalue weighted by molar-refractivity contribution is -0.145. The topological polar surface area (TPSA) is 108 Å². The van der Waals surface area contributed by atoms with Crippen LogP contribution in [0.4, 0.5) is 5.69 Å². The van der Waals surface area contributed by atoms with Crippen molar-refractivity contribution in [3.05, 3.63) is 65.2 Å². The van der Waals surface area contributed by atoms with E-state index in [0.29, 0.717) is 25.1 Å². The summed E-state index contributed by atoms with van der Waals surface area (Å²) in [6, 6.07) is 14.4. The number of β-amino-alcohol motifs (C(OH)–C–C–N with tert-alkyl or cyclic N) is 1. The van der Waals surface area contributed by atoms with Gasteiger partial charge in [-0.1, -0.05) is 42.5 Å². The van der Waals surface area contributed by atoms with Gasteiger partial charge in [-0.05, 0) is 56.4 Å². The highest BCUT2D eigenvalue weighted by atomic mass is 16.5. The molecule has 0 saturated carbocycles. The van der Waals surface area contributed by atoms with Crippen molar-refractivity contribution in [2.45, 2.75) is 57.4 Å². The monoisotopic (exact) mass is 491 g/mol. The molecule has 3 N–H and O–H groups in total. The van der Waals surface area contributed by atoms with Crippen LogP contribution in [-0.2, 0) is 25.7 Å². The lowest BCUT2D eigenvalue weighted by Crippen LogP contribution is -2.53. The Morgan fingerprint density at radius 1 is 1.11 bits per heavy atom. The highest BCUT2D eigenvalue weighted by Gasteiger charge is 2.77. The maximum Gasteiger partial charge on any atom is 0.250 e. The van der Waals surface area contributed by atoms with Gasteiger partial charge in [0.1, 0.15) is 11.6 Å². The second kappa shape index (κ2) is 9.01. The minimum Gasteiger partial charge on any atom is -0.395 e. The Balaban J connectivity index is 1.45. The van der Waals surface area contributed by atoms with Crippen molar-refractivity contribution < 1.29 is 24.2 Å². The molecule has 3 saturated heterocycles. The fraction of sp³-hybridized carbons (Fsp3) is 0.464. The minimum atomic E-state index is -1.11. The molecule has 2 bridgehead atoms. The molecule has 8 nitrogen and oxygen atoms in total. The molecule has 3 amide bonds. The largest absolute Gasteiger partial charge is 0.395 e. The Morgan fingerprint density at radius 3 is 2.58 bits per heavy atom. The standard InChI is InChI=1S/C28H33N3O5/c1-17-9-10-18(2)20(15-17)30-25(34)23-28-12-11-27(3,36-28)21(22(28)26(35)31(23)13-14-32)24(33)29-16-19-7-5-4-6-8-19/h4-10,15,21-23,32H,11-14,16H2,1-3H3,(H,29,33)(H,30,34)/t21-,22-,23?,27+,28?/m0/s1. The summed E-state index contributed by atoms with van der Waals surface area (Å²) in [6.45, 7) is 5.78. The Labute approximate surface area is 211 Å². The molecule has 2 aromatic carbocycles. The second-order valence-corrected chi connectivity index (χ2v) is 10.5. The molecule has 8 heteroatoms. The number of carbonyl (C=O) groups excluding carboxylic acids is 3. The molecule has 0 aromatic heterocycles. The summed E-state index contributed by atoms with van der Waals surface area (Å²) < 4.78 is 6.56. The van der Waals surface area contributed by atoms with E-state index in [4.69, 9.17) is 4.74 Å². The number of aliphatic hydroxyl groups excluding tert-OH is 1. The average molecular weight is 492 g/mol. The van der Waals surface area contributed by atoms with Crippen molar-refractivity contribution in [1.82, 2.24) is 10.2 Å². The highest BCUT2D eigenvalue weighted by molar-refractivity contribution is 6.04. The summed E-state index contributed by atoms with van der Waals surface area (Å²) in [6.07, 6.45) is 1.07. The third-order valence-electron chi connectivity index (χ3n) is 8.11. The number of hydrogen-bond donors (Lipinski definition) is 3. The van der Waals surface area contributed by atoms with Crippen LogP contribution >= 0.6 is 0 Å². The number of nitrogens with zero attached hydrogens (tertiary/aromatic N) is 1. The zero-order chi connectivity index (χ0) is 25.7. The van der Waals surface area contributed by atoms with E-state index in [1.807, 2.05) is 69.3 Å². The Kier molecular flexibility index (Phi) is 6.12. The van der Waals surface area contributed by atoms with Crippen molar-refractivity contribution >= 4 is 23.4 Å². The first-order valence-electron chi connectivity index (χ1n) is 12.5. The molecule has 2 unspecified atom stereocenters. The Bertz CT molecular complexity index is 1200. The van der Waals surface area contributed by atoms with Gasteiger partial charge in [-0.3, -0.25) is 14.4 Å². The quantitative estimate of drug-likeness (QED) is 0.551. The molecule has 3 fully saturated rings. The number of nitrogens with one attached hydrogen (secondary N) is 2. The number of rotatable bonds is 7. The second-order valence-electron chi connectivity index (χ2n) is 10.5. The lowest BCUT2D eigenvalue weighted by Gasteiger charge is -2.33. The summed E-state index contributed by atoms with van der Waals surface area (Å²) in [5, 5.41) is 15.7. The molecule has 5 rings (SSSR count). The Morgan fingerprint density at radius 2 is 1.86 bits per heavy atom. The molecule has 3 aliphatic heterocycles. The van der Waals surface area contributed by atoms with Gasteiger partial charge >= 0.3 is 0 Å². The molecular formula is C28H33N3O5. The number of amides is 3. The van der Waals surface area contributed by atoms with E-state index in [2.05, 4.69) is 10.6 Å². The summed E-state index contributed by atoms with van der Waals surface area (Å²) in [4.78, 5) is 42.4. The molecule has 0 radical (unpaired) electrons. The van der Waals surface area contributed by atoms with Crippen molar-refractivity contribution in [2.24, 2.45) is 11.8 Å². The normalized spacial score (nSPS) is 30.4. The third-order valence-corrected chi connectivity index (χ3v) is 8.11. The van der Waals surface area contributed by atoms with Gasteiger partial charge in [0, 0.05) is 18.8 Å². The van der Waals surface area contributed by atoms with Gasteiger partial charge in [-0.25, -0.2) is 0 Å². The zero-order valence-electron chi connectivity index (χ0n) is 20.9. The van der Waals surface area contributed by atoms with Gasteiger partial charge in [-0.15, -0.1) is 0 Å². The fourth-order valence-electron chi connectivity index (χ4n) is 6.44. The summed E-state index contributed by atoms with van der Waals surface area (Å²) in [5.74, 6) is -2.42. The number of anilines is 1. The number of ether oxygens (including phenoxy) is 1. The number of fused-ring (bicyclic) bond motifs is 1. The number of aryl methyl sites for hydroxylation is 2. The summed E-state index contributed by atoms with van der Waals surface area (Å²) >= 11 is 0. The third kappa shape index (κ3) is 3.79. The highest BCUT2D eigenvalue weighted by Crippen LogP contribution is 2.63. The molecule has 5 atom stereocenters. The molecule has 0 aliphatic carbocycles. The smallest absolute Gasteiger partial charge is 0.250 e. The van der Waals surface area contributed by atoms with Crippen LogP contribution in [0.5, 0.6) is 0 Å². The maximum atomic E-state index is 13.8. The van der Waals surface area contributed by atoms with Gasteiger partial charge in [0.25, 0.3) is 0 Å². The van der Waals surface area contributed by atoms with Crippen molar-refractivity contribution in [2.75, 3.05) is 18.5 Å². The first kappa shape index (κ1) is 24.5. The maximum absolute atomic E-state index is 13.8. The van der Waals surface area contributed by atoms with Crippen LogP contribution in [0.3, 0.4) is 0 Å². The molecule has 2 aromatic rings. The summed E-state index contributed by atoms with van der Waals surface area (Å²) in [5.41, 5.74) is 1.58. The first-order chi connectivity index (χ1) is 17.2. The van der Waals surface area contributed by atoms with Crippen LogP contribution in [0.15, 0.2) is 48.5 Å². The number of likely N-dealkylation sites (tertiary alicyclic amines) is 1. The van der Waals surface area contributed by atoms with Crippen molar-refractivity contribution in [3.63, 3.8) is 0 Å². The van der Waals surface area contributed by atoms with Gasteiger partial charge < -0.3 is 25.4 Å². The fourth-order valence-corrected chi connectivity index (χ4v) is 6.44.